The van der Waals surface area contributed by atoms with Gasteiger partial charge in [-0.05, 0) is 49.1 Å². The summed E-state index contributed by atoms with van der Waals surface area (Å²) in [6.45, 7) is 3.97. The Hall–Kier alpha value is -2.07. The van der Waals surface area contributed by atoms with Gasteiger partial charge in [0.2, 0.25) is 0 Å². The fraction of sp³-hybridized carbons (Fsp3) is 0.389. The van der Waals surface area contributed by atoms with E-state index in [0.717, 1.165) is 38.9 Å². The number of carbonyl (C=O) groups is 1. The van der Waals surface area contributed by atoms with Crippen molar-refractivity contribution in [2.75, 3.05) is 19.6 Å². The van der Waals surface area contributed by atoms with Crippen LogP contribution < -0.4 is 5.32 Å². The number of benzene rings is 1. The van der Waals surface area contributed by atoms with Crippen LogP contribution in [-0.4, -0.2) is 30.4 Å². The van der Waals surface area contributed by atoms with E-state index in [-0.39, 0.29) is 5.91 Å². The van der Waals surface area contributed by atoms with Crippen LogP contribution in [0.15, 0.2) is 47.1 Å². The maximum absolute atomic E-state index is 11.7. The zero-order valence-corrected chi connectivity index (χ0v) is 12.8. The molecule has 0 radical (unpaired) electrons. The molecule has 0 fully saturated rings. The van der Waals surface area contributed by atoms with Crippen molar-refractivity contribution in [1.29, 1.82) is 0 Å². The summed E-state index contributed by atoms with van der Waals surface area (Å²) in [5.74, 6) is 0.254. The molecule has 1 aromatic carbocycles. The lowest BCUT2D eigenvalue weighted by Gasteiger charge is -2.28. The van der Waals surface area contributed by atoms with Crippen molar-refractivity contribution in [3.05, 3.63) is 59.5 Å². The Balaban J connectivity index is 1.34. The molecule has 0 unspecified atom stereocenters. The lowest BCUT2D eigenvalue weighted by molar-refractivity contribution is 0.0925. The molecule has 0 atom stereocenters. The van der Waals surface area contributed by atoms with Gasteiger partial charge in [0.25, 0.3) is 5.91 Å². The van der Waals surface area contributed by atoms with E-state index in [4.69, 9.17) is 4.42 Å². The van der Waals surface area contributed by atoms with Crippen LogP contribution in [0.4, 0.5) is 0 Å². The van der Waals surface area contributed by atoms with Gasteiger partial charge in [-0.15, -0.1) is 0 Å². The van der Waals surface area contributed by atoms with Gasteiger partial charge in [-0.1, -0.05) is 24.3 Å². The van der Waals surface area contributed by atoms with Gasteiger partial charge in [0.15, 0.2) is 5.76 Å². The van der Waals surface area contributed by atoms with Crippen molar-refractivity contribution in [3.63, 3.8) is 0 Å². The number of carbonyl (C=O) groups excluding carboxylic acids is 1. The first-order valence-electron chi connectivity index (χ1n) is 7.94. The number of nitrogens with zero attached hydrogens (tertiary/aromatic N) is 1. The molecular weight excluding hydrogens is 276 g/mol. The van der Waals surface area contributed by atoms with Crippen LogP contribution in [0.3, 0.4) is 0 Å². The molecule has 4 nitrogen and oxygen atoms in total. The van der Waals surface area contributed by atoms with E-state index in [1.807, 2.05) is 0 Å². The molecule has 0 saturated carbocycles. The minimum Gasteiger partial charge on any atom is -0.459 e. The maximum Gasteiger partial charge on any atom is 0.286 e. The van der Waals surface area contributed by atoms with Gasteiger partial charge in [0, 0.05) is 19.6 Å². The molecule has 2 aromatic rings. The van der Waals surface area contributed by atoms with Gasteiger partial charge in [-0.3, -0.25) is 9.69 Å². The normalized spacial score (nSPS) is 14.5. The fourth-order valence-electron chi connectivity index (χ4n) is 2.90. The Morgan fingerprint density at radius 3 is 2.82 bits per heavy atom. The molecule has 4 heteroatoms. The topological polar surface area (TPSA) is 45.5 Å². The standard InChI is InChI=1S/C18H22N2O2/c21-18(17-8-5-13-22-17)19-10-3-4-11-20-12-9-15-6-1-2-7-16(15)14-20/h1-2,5-8,13H,3-4,9-12,14H2,(H,19,21). The lowest BCUT2D eigenvalue weighted by atomic mass is 10.00. The van der Waals surface area contributed by atoms with Crippen LogP contribution in [0.25, 0.3) is 0 Å². The number of hydrogen-bond donors (Lipinski definition) is 1. The molecule has 0 bridgehead atoms. The molecule has 0 aliphatic carbocycles. The number of nitrogens with one attached hydrogen (secondary N) is 1. The predicted octanol–water partition coefficient (Wildman–Crippen LogP) is 2.85. The summed E-state index contributed by atoms with van der Waals surface area (Å²) in [6, 6.07) is 12.1. The van der Waals surface area contributed by atoms with Crippen molar-refractivity contribution < 1.29 is 9.21 Å². The Kier molecular flexibility index (Phi) is 4.91. The van der Waals surface area contributed by atoms with Crippen molar-refractivity contribution in [3.8, 4) is 0 Å². The van der Waals surface area contributed by atoms with Crippen LogP contribution in [0.1, 0.15) is 34.5 Å². The fourth-order valence-corrected chi connectivity index (χ4v) is 2.90. The van der Waals surface area contributed by atoms with E-state index in [1.165, 1.54) is 17.4 Å². The van der Waals surface area contributed by atoms with Crippen LogP contribution >= 0.6 is 0 Å². The Morgan fingerprint density at radius 2 is 2.00 bits per heavy atom. The second kappa shape index (κ2) is 7.27. The van der Waals surface area contributed by atoms with Gasteiger partial charge < -0.3 is 9.73 Å². The highest BCUT2D eigenvalue weighted by Crippen LogP contribution is 2.18. The molecule has 116 valence electrons. The van der Waals surface area contributed by atoms with Crippen LogP contribution in [-0.2, 0) is 13.0 Å². The first-order valence-corrected chi connectivity index (χ1v) is 7.94. The molecule has 3 rings (SSSR count). The zero-order chi connectivity index (χ0) is 15.2. The minimum atomic E-state index is -0.128. The van der Waals surface area contributed by atoms with Crippen molar-refractivity contribution in [2.24, 2.45) is 0 Å². The summed E-state index contributed by atoms with van der Waals surface area (Å²) in [5, 5.41) is 2.89. The molecule has 1 aliphatic rings. The molecule has 1 aliphatic heterocycles. The number of rotatable bonds is 6. The van der Waals surface area contributed by atoms with E-state index in [9.17, 15) is 4.79 Å². The van der Waals surface area contributed by atoms with Gasteiger partial charge in [-0.25, -0.2) is 0 Å². The van der Waals surface area contributed by atoms with Gasteiger partial charge in [0.05, 0.1) is 6.26 Å². The van der Waals surface area contributed by atoms with Gasteiger partial charge >= 0.3 is 0 Å². The Labute approximate surface area is 131 Å². The summed E-state index contributed by atoms with van der Waals surface area (Å²) >= 11 is 0. The minimum absolute atomic E-state index is 0.128. The summed E-state index contributed by atoms with van der Waals surface area (Å²) in [4.78, 5) is 14.2. The molecule has 0 spiro atoms. The highest BCUT2D eigenvalue weighted by Gasteiger charge is 2.14. The van der Waals surface area contributed by atoms with Crippen molar-refractivity contribution >= 4 is 5.91 Å². The van der Waals surface area contributed by atoms with Gasteiger partial charge in [-0.2, -0.15) is 0 Å². The highest BCUT2D eigenvalue weighted by atomic mass is 16.3. The molecular formula is C18H22N2O2. The molecule has 1 amide bonds. The third-order valence-corrected chi connectivity index (χ3v) is 4.14. The average Bonchev–Trinajstić information content (AvgIpc) is 3.09. The molecule has 1 N–H and O–H groups in total. The van der Waals surface area contributed by atoms with E-state index in [0.29, 0.717) is 12.3 Å². The lowest BCUT2D eigenvalue weighted by Crippen LogP contribution is -2.32. The molecule has 2 heterocycles. The van der Waals surface area contributed by atoms with Crippen molar-refractivity contribution in [1.82, 2.24) is 10.2 Å². The number of amides is 1. The van der Waals surface area contributed by atoms with E-state index in [2.05, 4.69) is 34.5 Å². The SMILES string of the molecule is O=C(NCCCCN1CCc2ccccc2C1)c1ccco1. The second-order valence-corrected chi connectivity index (χ2v) is 5.74. The quantitative estimate of drug-likeness (QED) is 0.834. The summed E-state index contributed by atoms with van der Waals surface area (Å²) in [6.07, 6.45) is 4.75. The van der Waals surface area contributed by atoms with E-state index >= 15 is 0 Å². The first-order chi connectivity index (χ1) is 10.8. The third kappa shape index (κ3) is 3.77. The van der Waals surface area contributed by atoms with Crippen LogP contribution in [0.5, 0.6) is 0 Å². The monoisotopic (exact) mass is 298 g/mol. The first kappa shape index (κ1) is 14.9. The molecule has 1 aromatic heterocycles. The zero-order valence-electron chi connectivity index (χ0n) is 12.8. The average molecular weight is 298 g/mol. The van der Waals surface area contributed by atoms with Crippen molar-refractivity contribution in [2.45, 2.75) is 25.8 Å². The molecule has 22 heavy (non-hydrogen) atoms. The van der Waals surface area contributed by atoms with E-state index < -0.39 is 0 Å². The summed E-state index contributed by atoms with van der Waals surface area (Å²) in [7, 11) is 0. The van der Waals surface area contributed by atoms with Crippen LogP contribution in [0.2, 0.25) is 0 Å². The largest absolute Gasteiger partial charge is 0.459 e. The number of unbranched alkanes of at least 4 members (excludes halogenated alkanes) is 1. The highest BCUT2D eigenvalue weighted by molar-refractivity contribution is 5.91. The smallest absolute Gasteiger partial charge is 0.286 e. The van der Waals surface area contributed by atoms with Gasteiger partial charge in [0.1, 0.15) is 0 Å². The molecule has 0 saturated heterocycles. The third-order valence-electron chi connectivity index (χ3n) is 4.14. The maximum atomic E-state index is 11.7. The van der Waals surface area contributed by atoms with Crippen LogP contribution in [0, 0.1) is 0 Å². The number of furan rings is 1. The number of fused-ring (bicyclic) bond motifs is 1. The summed E-state index contributed by atoms with van der Waals surface area (Å²) < 4.78 is 5.06. The predicted molar refractivity (Wildman–Crippen MR) is 85.7 cm³/mol. The van der Waals surface area contributed by atoms with E-state index in [1.54, 1.807) is 12.1 Å². The second-order valence-electron chi connectivity index (χ2n) is 5.74. The number of hydrogen-bond acceptors (Lipinski definition) is 3. The Bertz CT molecular complexity index is 607. The summed E-state index contributed by atoms with van der Waals surface area (Å²) in [5.41, 5.74) is 2.95. The Morgan fingerprint density at radius 1 is 1.14 bits per heavy atom.